The maximum absolute atomic E-state index is 3.71. The molecule has 1 fully saturated rings. The maximum Gasteiger partial charge on any atom is 0.0202 e. The molecule has 1 aliphatic heterocycles. The Kier molecular flexibility index (Phi) is 5.94. The molecule has 0 aliphatic carbocycles. The number of hydrogen-bond donors (Lipinski definition) is 1. The Bertz CT molecular complexity index is 201. The highest BCUT2D eigenvalue weighted by Gasteiger charge is 2.34. The highest BCUT2D eigenvalue weighted by atomic mass is 15.2. The molecule has 1 atom stereocenters. The lowest BCUT2D eigenvalue weighted by atomic mass is 9.85. The van der Waals surface area contributed by atoms with E-state index in [9.17, 15) is 0 Å². The van der Waals surface area contributed by atoms with Crippen LogP contribution in [0.1, 0.15) is 66.7 Å². The average molecular weight is 240 g/mol. The number of nitrogens with one attached hydrogen (secondary N) is 1. The van der Waals surface area contributed by atoms with Gasteiger partial charge in [0.05, 0.1) is 0 Å². The average Bonchev–Trinajstić information content (AvgIpc) is 2.32. The van der Waals surface area contributed by atoms with Gasteiger partial charge in [0.1, 0.15) is 0 Å². The molecule has 2 heteroatoms. The number of nitrogens with zero attached hydrogens (tertiary/aromatic N) is 1. The van der Waals surface area contributed by atoms with Crippen LogP contribution in [-0.4, -0.2) is 35.6 Å². The summed E-state index contributed by atoms with van der Waals surface area (Å²) in [6, 6.07) is 1.31. The first-order valence-electron chi connectivity index (χ1n) is 7.59. The van der Waals surface area contributed by atoms with Gasteiger partial charge in [-0.1, -0.05) is 34.6 Å². The van der Waals surface area contributed by atoms with Gasteiger partial charge in [-0.15, -0.1) is 0 Å². The summed E-state index contributed by atoms with van der Waals surface area (Å²) in [4.78, 5) is 2.76. The Morgan fingerprint density at radius 3 is 2.24 bits per heavy atom. The second kappa shape index (κ2) is 6.75. The molecule has 1 N–H and O–H groups in total. The molecule has 1 heterocycles. The van der Waals surface area contributed by atoms with Gasteiger partial charge in [0, 0.05) is 24.2 Å². The number of hydrogen-bond acceptors (Lipinski definition) is 2. The second-order valence-corrected chi connectivity index (χ2v) is 5.89. The van der Waals surface area contributed by atoms with Crippen molar-refractivity contribution >= 4 is 0 Å². The van der Waals surface area contributed by atoms with Crippen LogP contribution < -0.4 is 5.32 Å². The van der Waals surface area contributed by atoms with Gasteiger partial charge in [0.2, 0.25) is 0 Å². The Hall–Kier alpha value is -0.0800. The maximum atomic E-state index is 3.71. The van der Waals surface area contributed by atoms with Crippen molar-refractivity contribution in [1.29, 1.82) is 0 Å². The number of piperidine rings is 1. The summed E-state index contributed by atoms with van der Waals surface area (Å²) < 4.78 is 0. The van der Waals surface area contributed by atoms with Crippen LogP contribution >= 0.6 is 0 Å². The van der Waals surface area contributed by atoms with E-state index < -0.39 is 0 Å². The van der Waals surface area contributed by atoms with Gasteiger partial charge in [-0.2, -0.15) is 0 Å². The predicted octanol–water partition coefficient (Wildman–Crippen LogP) is 3.42. The van der Waals surface area contributed by atoms with Crippen molar-refractivity contribution in [2.24, 2.45) is 0 Å². The standard InChI is InChI=1S/C15H32N2/c1-6-15(7-2,8-3)17-11-9-10-14(12-17)16-13(4)5/h13-14,16H,6-12H2,1-5H3. The molecular weight excluding hydrogens is 208 g/mol. The van der Waals surface area contributed by atoms with Gasteiger partial charge in [-0.05, 0) is 38.6 Å². The minimum absolute atomic E-state index is 0.456. The zero-order chi connectivity index (χ0) is 12.9. The lowest BCUT2D eigenvalue weighted by Gasteiger charge is -2.47. The molecule has 1 rings (SSSR count). The van der Waals surface area contributed by atoms with E-state index in [0.29, 0.717) is 17.6 Å². The highest BCUT2D eigenvalue weighted by Crippen LogP contribution is 2.30. The van der Waals surface area contributed by atoms with Crippen LogP contribution in [0.3, 0.4) is 0 Å². The van der Waals surface area contributed by atoms with Crippen molar-refractivity contribution in [2.75, 3.05) is 13.1 Å². The van der Waals surface area contributed by atoms with Gasteiger partial charge in [-0.25, -0.2) is 0 Å². The van der Waals surface area contributed by atoms with Crippen LogP contribution in [0, 0.1) is 0 Å². The first kappa shape index (κ1) is 15.0. The summed E-state index contributed by atoms with van der Waals surface area (Å²) in [5.74, 6) is 0. The van der Waals surface area contributed by atoms with Gasteiger partial charge < -0.3 is 5.32 Å². The third kappa shape index (κ3) is 3.69. The Balaban J connectivity index is 2.63. The topological polar surface area (TPSA) is 15.3 Å². The molecule has 102 valence electrons. The first-order chi connectivity index (χ1) is 8.07. The van der Waals surface area contributed by atoms with Crippen molar-refractivity contribution in [3.63, 3.8) is 0 Å². The fraction of sp³-hybridized carbons (Fsp3) is 1.00. The molecule has 0 bridgehead atoms. The van der Waals surface area contributed by atoms with Crippen molar-refractivity contribution in [3.05, 3.63) is 0 Å². The second-order valence-electron chi connectivity index (χ2n) is 5.89. The van der Waals surface area contributed by atoms with E-state index in [1.165, 1.54) is 45.2 Å². The van der Waals surface area contributed by atoms with Crippen LogP contribution in [0.2, 0.25) is 0 Å². The zero-order valence-electron chi connectivity index (χ0n) is 12.6. The summed E-state index contributed by atoms with van der Waals surface area (Å²) in [5.41, 5.74) is 0.456. The molecule has 0 aromatic carbocycles. The normalized spacial score (nSPS) is 23.3. The van der Waals surface area contributed by atoms with Crippen LogP contribution in [0.25, 0.3) is 0 Å². The quantitative estimate of drug-likeness (QED) is 0.765. The largest absolute Gasteiger partial charge is 0.311 e. The van der Waals surface area contributed by atoms with E-state index in [-0.39, 0.29) is 0 Å². The molecule has 2 nitrogen and oxygen atoms in total. The lowest BCUT2D eigenvalue weighted by Crippen LogP contribution is -2.56. The first-order valence-corrected chi connectivity index (χ1v) is 7.59. The molecule has 0 aromatic heterocycles. The fourth-order valence-corrected chi connectivity index (χ4v) is 3.44. The predicted molar refractivity (Wildman–Crippen MR) is 76.5 cm³/mol. The molecule has 0 aromatic rings. The molecule has 1 aliphatic rings. The van der Waals surface area contributed by atoms with Crippen molar-refractivity contribution in [3.8, 4) is 0 Å². The third-order valence-electron chi connectivity index (χ3n) is 4.64. The van der Waals surface area contributed by atoms with Crippen molar-refractivity contribution in [2.45, 2.75) is 84.3 Å². The number of rotatable bonds is 6. The van der Waals surface area contributed by atoms with E-state index in [0.717, 1.165) is 0 Å². The molecule has 17 heavy (non-hydrogen) atoms. The Morgan fingerprint density at radius 2 is 1.76 bits per heavy atom. The van der Waals surface area contributed by atoms with Crippen LogP contribution in [0.4, 0.5) is 0 Å². The van der Waals surface area contributed by atoms with E-state index in [1.807, 2.05) is 0 Å². The van der Waals surface area contributed by atoms with Crippen LogP contribution in [0.15, 0.2) is 0 Å². The van der Waals surface area contributed by atoms with Gasteiger partial charge in [-0.3, -0.25) is 4.90 Å². The van der Waals surface area contributed by atoms with Crippen LogP contribution in [0.5, 0.6) is 0 Å². The molecule has 0 radical (unpaired) electrons. The monoisotopic (exact) mass is 240 g/mol. The van der Waals surface area contributed by atoms with E-state index in [2.05, 4.69) is 44.8 Å². The summed E-state index contributed by atoms with van der Waals surface area (Å²) >= 11 is 0. The minimum atomic E-state index is 0.456. The Labute approximate surface area is 108 Å². The smallest absolute Gasteiger partial charge is 0.0202 e. The lowest BCUT2D eigenvalue weighted by molar-refractivity contribution is 0.0397. The zero-order valence-corrected chi connectivity index (χ0v) is 12.6. The molecule has 1 saturated heterocycles. The minimum Gasteiger partial charge on any atom is -0.311 e. The van der Waals surface area contributed by atoms with Gasteiger partial charge in [0.25, 0.3) is 0 Å². The summed E-state index contributed by atoms with van der Waals surface area (Å²) in [5, 5.41) is 3.71. The fourth-order valence-electron chi connectivity index (χ4n) is 3.44. The van der Waals surface area contributed by atoms with E-state index >= 15 is 0 Å². The molecule has 0 saturated carbocycles. The van der Waals surface area contributed by atoms with Crippen molar-refractivity contribution in [1.82, 2.24) is 10.2 Å². The van der Waals surface area contributed by atoms with E-state index in [4.69, 9.17) is 0 Å². The molecule has 0 spiro atoms. The SMILES string of the molecule is CCC(CC)(CC)N1CCCC(NC(C)C)C1. The number of likely N-dealkylation sites (tertiary alicyclic amines) is 1. The summed E-state index contributed by atoms with van der Waals surface area (Å²) in [6.45, 7) is 14.1. The summed E-state index contributed by atoms with van der Waals surface area (Å²) in [7, 11) is 0. The molecule has 1 unspecified atom stereocenters. The van der Waals surface area contributed by atoms with Crippen LogP contribution in [-0.2, 0) is 0 Å². The van der Waals surface area contributed by atoms with Gasteiger partial charge >= 0.3 is 0 Å². The molecular formula is C15H32N2. The van der Waals surface area contributed by atoms with Crippen molar-refractivity contribution < 1.29 is 0 Å². The Morgan fingerprint density at radius 1 is 1.18 bits per heavy atom. The summed E-state index contributed by atoms with van der Waals surface area (Å²) in [6.07, 6.45) is 6.56. The van der Waals surface area contributed by atoms with E-state index in [1.54, 1.807) is 0 Å². The third-order valence-corrected chi connectivity index (χ3v) is 4.64. The highest BCUT2D eigenvalue weighted by molar-refractivity contribution is 4.92. The van der Waals surface area contributed by atoms with Gasteiger partial charge in [0.15, 0.2) is 0 Å². The molecule has 0 amide bonds.